The molecule has 0 radical (unpaired) electrons. The molecule has 29 heavy (non-hydrogen) atoms. The summed E-state index contributed by atoms with van der Waals surface area (Å²) in [6, 6.07) is 0. The largest absolute Gasteiger partial charge is 0.390 e. The molecule has 0 bridgehead atoms. The number of aliphatic hydroxyl groups is 1. The molecular weight excluding hydrogens is 1980 g/mol. The first-order chi connectivity index (χ1) is 8.85. The molecule has 176 valence electrons. The molecule has 0 aromatic rings. The predicted octanol–water partition coefficient (Wildman–Crippen LogP) is 3.14. The van der Waals surface area contributed by atoms with Crippen molar-refractivity contribution in [3.05, 3.63) is 7.43 Å². The van der Waals surface area contributed by atoms with E-state index >= 15 is 0 Å². The minimum absolute atomic E-state index is 0. The first-order valence-corrected chi connectivity index (χ1v) is 10.1. The van der Waals surface area contributed by atoms with Crippen molar-refractivity contribution >= 4 is 24.9 Å². The number of hydrogen-bond acceptors (Lipinski definition) is 6. The average molecular weight is 2000 g/mol. The normalized spacial score (nSPS) is 20.3. The number of ether oxygens (including phenoxy) is 1. The van der Waals surface area contributed by atoms with Crippen LogP contribution in [0.25, 0.3) is 0 Å². The third-order valence-electron chi connectivity index (χ3n) is 2.50. The standard InChI is InChI=1S/C8H17O4P.2CH3OP.CH3.9W/c1-5-6(2)12-7(8(5)9)4-11-13(3)10;2*1-3-2;;;;;;;;;;/h5-9,13H,4H2,1-3H3;2*1H3;1H3;;;;;;;;;/q;;;-1;;;;;;;;;. The van der Waals surface area contributed by atoms with Gasteiger partial charge in [-0.05, 0) is 6.92 Å². The first-order valence-electron chi connectivity index (χ1n) is 5.75. The summed E-state index contributed by atoms with van der Waals surface area (Å²) in [5.74, 6) is 0.118. The maximum absolute atomic E-state index is 10.7. The summed E-state index contributed by atoms with van der Waals surface area (Å²) in [7, 11) is -1.59. The third kappa shape index (κ3) is 48.2. The fourth-order valence-corrected chi connectivity index (χ4v) is 1.83. The van der Waals surface area contributed by atoms with E-state index in [-0.39, 0.29) is 239 Å². The minimum Gasteiger partial charge on any atom is -0.390 e. The predicted molar refractivity (Wildman–Crippen MR) is 83.9 cm³/mol. The Kier molecular flexibility index (Phi) is 145. The van der Waals surface area contributed by atoms with Crippen LogP contribution < -0.4 is 0 Å². The molecule has 0 spiro atoms. The zero-order valence-corrected chi connectivity index (χ0v) is 45.8. The van der Waals surface area contributed by atoms with Crippen LogP contribution in [0, 0.1) is 13.3 Å². The van der Waals surface area contributed by atoms with Crippen LogP contribution in [-0.2, 0) is 213 Å². The molecule has 1 saturated heterocycles. The van der Waals surface area contributed by atoms with Crippen molar-refractivity contribution in [2.24, 2.45) is 5.92 Å². The molecule has 1 aliphatic heterocycles. The Labute approximate surface area is 309 Å². The van der Waals surface area contributed by atoms with Crippen LogP contribution in [-0.4, -0.2) is 50.0 Å². The Balaban J connectivity index is -0.0000000164. The van der Waals surface area contributed by atoms with Crippen molar-refractivity contribution in [2.45, 2.75) is 32.2 Å². The Morgan fingerprint density at radius 3 is 1.34 bits per heavy atom. The van der Waals surface area contributed by atoms with Crippen molar-refractivity contribution < 1.29 is 218 Å². The molecule has 1 heterocycles. The molecule has 5 unspecified atom stereocenters. The van der Waals surface area contributed by atoms with E-state index in [1.165, 1.54) is 6.66 Å². The monoisotopic (exact) mass is 2000 g/mol. The fourth-order valence-electron chi connectivity index (χ4n) is 1.43. The fraction of sp³-hybridized carbons (Fsp3) is 0.909. The topological polar surface area (TPSA) is 89.9 Å². The molecule has 18 heteroatoms. The summed E-state index contributed by atoms with van der Waals surface area (Å²) in [6.07, 6.45) is -0.780. The van der Waals surface area contributed by atoms with Crippen LogP contribution in [0.1, 0.15) is 13.8 Å². The summed E-state index contributed by atoms with van der Waals surface area (Å²) < 4.78 is 38.9. The van der Waals surface area contributed by atoms with Gasteiger partial charge in [-0.25, -0.2) is 0 Å². The molecule has 1 rings (SSSR count). The van der Waals surface area contributed by atoms with E-state index in [4.69, 9.17) is 18.4 Å². The Bertz CT molecular complexity index is 297. The van der Waals surface area contributed by atoms with E-state index in [9.17, 15) is 9.67 Å². The zero-order valence-electron chi connectivity index (χ0n) is 16.6. The van der Waals surface area contributed by atoms with Crippen LogP contribution in [0.4, 0.5) is 0 Å². The summed E-state index contributed by atoms with van der Waals surface area (Å²) in [5.41, 5.74) is 0. The van der Waals surface area contributed by atoms with Crippen LogP contribution >= 0.6 is 24.9 Å². The van der Waals surface area contributed by atoms with E-state index < -0.39 is 14.1 Å². The van der Waals surface area contributed by atoms with E-state index in [1.807, 2.05) is 13.8 Å². The van der Waals surface area contributed by atoms with E-state index in [2.05, 4.69) is 0 Å². The molecule has 1 N–H and O–H groups in total. The molecule has 0 aromatic carbocycles. The summed E-state index contributed by atoms with van der Waals surface area (Å²) >= 11 is 0. The molecule has 0 saturated carbocycles. The van der Waals surface area contributed by atoms with Crippen molar-refractivity contribution in [1.82, 2.24) is 0 Å². The van der Waals surface area contributed by atoms with Gasteiger partial charge < -0.3 is 21.8 Å². The summed E-state index contributed by atoms with van der Waals surface area (Å²) in [4.78, 5) is 0. The maximum Gasteiger partial charge on any atom is 0.188 e. The minimum atomic E-state index is -1.92. The van der Waals surface area contributed by atoms with Crippen molar-refractivity contribution in [3.63, 3.8) is 0 Å². The Morgan fingerprint density at radius 1 is 0.897 bits per heavy atom. The van der Waals surface area contributed by atoms with Crippen LogP contribution in [0.2, 0.25) is 0 Å². The summed E-state index contributed by atoms with van der Waals surface area (Å²) in [6.45, 7) is 8.69. The number of rotatable bonds is 3. The molecule has 0 aromatic heterocycles. The molecule has 0 aliphatic carbocycles. The average Bonchev–Trinajstić information content (AvgIpc) is 2.56. The number of hydrogen-bond donors (Lipinski definition) is 1. The smallest absolute Gasteiger partial charge is 0.188 e. The molecule has 1 fully saturated rings. The molecular formula is C11H26O6P3W9-. The first kappa shape index (κ1) is 76.5. The number of aliphatic hydroxyl groups excluding tert-OH is 1. The van der Waals surface area contributed by atoms with Gasteiger partial charge in [0.1, 0.15) is 6.10 Å². The van der Waals surface area contributed by atoms with Gasteiger partial charge in [0, 0.05) is 215 Å². The van der Waals surface area contributed by atoms with Crippen LogP contribution in [0.5, 0.6) is 0 Å². The second-order valence-corrected chi connectivity index (χ2v) is 5.90. The zero-order chi connectivity index (χ0) is 15.4. The molecule has 0 amide bonds. The van der Waals surface area contributed by atoms with Gasteiger partial charge in [-0.3, -0.25) is 13.7 Å². The van der Waals surface area contributed by atoms with Gasteiger partial charge in [0.05, 0.1) is 18.8 Å². The quantitative estimate of drug-likeness (QED) is 0.346. The molecule has 1 aliphatic rings. The SMILES string of the molecule is CC1OC(CO[PH](C)=O)C(O)C1C.CP=O.CP=O.[CH3-].[W].[W].[W].[W].[W].[W].[W].[W].[W]. The van der Waals surface area contributed by atoms with Crippen molar-refractivity contribution in [3.8, 4) is 0 Å². The van der Waals surface area contributed by atoms with E-state index in [1.54, 1.807) is 13.3 Å². The Hall–Kier alpha value is 6.50. The summed E-state index contributed by atoms with van der Waals surface area (Å²) in [5, 5.41) is 9.65. The molecule has 6 nitrogen and oxygen atoms in total. The second-order valence-electron chi connectivity index (χ2n) is 3.90. The molecule has 5 atom stereocenters. The van der Waals surface area contributed by atoms with Crippen molar-refractivity contribution in [1.29, 1.82) is 0 Å². The Morgan fingerprint density at radius 2 is 1.17 bits per heavy atom. The van der Waals surface area contributed by atoms with Gasteiger partial charge in [-0.1, -0.05) is 6.92 Å². The van der Waals surface area contributed by atoms with Gasteiger partial charge in [0.2, 0.25) is 0 Å². The van der Waals surface area contributed by atoms with Gasteiger partial charge in [-0.15, -0.1) is 0 Å². The van der Waals surface area contributed by atoms with Gasteiger partial charge in [0.15, 0.2) is 24.9 Å². The van der Waals surface area contributed by atoms with Gasteiger partial charge in [0.25, 0.3) is 0 Å². The van der Waals surface area contributed by atoms with Gasteiger partial charge >= 0.3 is 0 Å². The van der Waals surface area contributed by atoms with E-state index in [0.29, 0.717) is 0 Å². The van der Waals surface area contributed by atoms with Gasteiger partial charge in [-0.2, -0.15) is 0 Å². The third-order valence-corrected chi connectivity index (χ3v) is 3.07. The van der Waals surface area contributed by atoms with Crippen molar-refractivity contribution in [2.75, 3.05) is 26.6 Å². The maximum atomic E-state index is 10.7. The van der Waals surface area contributed by atoms with E-state index in [0.717, 1.165) is 0 Å². The second kappa shape index (κ2) is 55.1. The van der Waals surface area contributed by atoms with Crippen LogP contribution in [0.3, 0.4) is 0 Å². The van der Waals surface area contributed by atoms with Crippen LogP contribution in [0.15, 0.2) is 0 Å².